The van der Waals surface area contributed by atoms with Gasteiger partial charge >= 0.3 is 6.01 Å². The summed E-state index contributed by atoms with van der Waals surface area (Å²) in [6, 6.07) is 0.697. The van der Waals surface area contributed by atoms with Crippen molar-refractivity contribution in [2.24, 2.45) is 0 Å². The first kappa shape index (κ1) is 9.15. The second-order valence-electron chi connectivity index (χ2n) is 4.69. The van der Waals surface area contributed by atoms with E-state index in [4.69, 9.17) is 4.52 Å². The Morgan fingerprint density at radius 2 is 2.33 bits per heavy atom. The summed E-state index contributed by atoms with van der Waals surface area (Å²) in [5.41, 5.74) is 0.265. The van der Waals surface area contributed by atoms with E-state index in [9.17, 15) is 0 Å². The maximum atomic E-state index is 5.19. The highest BCUT2D eigenvalue weighted by atomic mass is 16.5. The van der Waals surface area contributed by atoms with E-state index in [1.165, 1.54) is 32.1 Å². The average molecular weight is 208 g/mol. The van der Waals surface area contributed by atoms with Crippen LogP contribution >= 0.6 is 0 Å². The fraction of sp³-hybridized carbons (Fsp3) is 0.800. The fourth-order valence-electron chi connectivity index (χ4n) is 3.01. The van der Waals surface area contributed by atoms with Crippen LogP contribution in [0.15, 0.2) is 10.9 Å². The van der Waals surface area contributed by atoms with E-state index >= 15 is 0 Å². The van der Waals surface area contributed by atoms with Crippen LogP contribution in [0.1, 0.15) is 19.3 Å². The molecule has 1 atom stereocenters. The molecule has 15 heavy (non-hydrogen) atoms. The van der Waals surface area contributed by atoms with Gasteiger partial charge in [0.25, 0.3) is 0 Å². The van der Waals surface area contributed by atoms with E-state index in [0.717, 1.165) is 13.1 Å². The lowest BCUT2D eigenvalue weighted by atomic mass is 9.95. The maximum absolute atomic E-state index is 5.19. The van der Waals surface area contributed by atoms with Gasteiger partial charge in [0.05, 0.1) is 5.54 Å². The molecule has 2 aliphatic heterocycles. The summed E-state index contributed by atoms with van der Waals surface area (Å²) in [6.07, 6.45) is 5.18. The number of anilines is 1. The predicted octanol–water partition coefficient (Wildman–Crippen LogP) is 0.744. The number of nitrogens with zero attached hydrogens (tertiary/aromatic N) is 4. The minimum Gasteiger partial charge on any atom is -0.317 e. The van der Waals surface area contributed by atoms with Gasteiger partial charge in [0.2, 0.25) is 0 Å². The molecule has 0 amide bonds. The molecule has 1 unspecified atom stereocenters. The third kappa shape index (κ3) is 1.33. The van der Waals surface area contributed by atoms with Crippen molar-refractivity contribution in [3.63, 3.8) is 0 Å². The summed E-state index contributed by atoms with van der Waals surface area (Å²) in [6.45, 7) is 3.34. The monoisotopic (exact) mass is 208 g/mol. The highest BCUT2D eigenvalue weighted by Crippen LogP contribution is 2.39. The molecule has 0 saturated carbocycles. The van der Waals surface area contributed by atoms with Gasteiger partial charge in [-0.1, -0.05) is 5.16 Å². The van der Waals surface area contributed by atoms with E-state index in [-0.39, 0.29) is 5.54 Å². The smallest absolute Gasteiger partial charge is 0.317 e. The number of aromatic nitrogens is 2. The van der Waals surface area contributed by atoms with Gasteiger partial charge in [-0.05, 0) is 26.3 Å². The van der Waals surface area contributed by atoms with E-state index < -0.39 is 0 Å². The van der Waals surface area contributed by atoms with E-state index in [0.29, 0.717) is 6.01 Å². The Labute approximate surface area is 89.0 Å². The second kappa shape index (κ2) is 3.20. The van der Waals surface area contributed by atoms with Crippen LogP contribution in [0.2, 0.25) is 0 Å². The van der Waals surface area contributed by atoms with Gasteiger partial charge in [-0.25, -0.2) is 0 Å². The molecular weight excluding hydrogens is 192 g/mol. The highest BCUT2D eigenvalue weighted by molar-refractivity contribution is 5.35. The highest BCUT2D eigenvalue weighted by Gasteiger charge is 2.46. The average Bonchev–Trinajstić information content (AvgIpc) is 2.89. The Kier molecular flexibility index (Phi) is 1.95. The summed E-state index contributed by atoms with van der Waals surface area (Å²) in [7, 11) is 2.18. The Hall–Kier alpha value is -1.10. The maximum Gasteiger partial charge on any atom is 0.324 e. The first-order valence-electron chi connectivity index (χ1n) is 5.53. The molecule has 5 heteroatoms. The van der Waals surface area contributed by atoms with Crippen molar-refractivity contribution < 1.29 is 4.52 Å². The van der Waals surface area contributed by atoms with E-state index in [1.807, 2.05) is 0 Å². The Balaban J connectivity index is 1.89. The molecule has 2 fully saturated rings. The van der Waals surface area contributed by atoms with Crippen LogP contribution < -0.4 is 4.90 Å². The molecule has 2 aliphatic rings. The lowest BCUT2D eigenvalue weighted by Crippen LogP contribution is -2.46. The van der Waals surface area contributed by atoms with Crippen molar-refractivity contribution in [2.75, 3.05) is 31.6 Å². The summed E-state index contributed by atoms with van der Waals surface area (Å²) in [5.74, 6) is 0. The van der Waals surface area contributed by atoms with Gasteiger partial charge in [-0.3, -0.25) is 0 Å². The first-order chi connectivity index (χ1) is 7.30. The SMILES string of the molecule is CN1CCC2(CCCN2c2ncno2)C1. The van der Waals surface area contributed by atoms with Crippen molar-refractivity contribution in [3.8, 4) is 0 Å². The van der Waals surface area contributed by atoms with Gasteiger partial charge in [0.1, 0.15) is 0 Å². The molecule has 0 bridgehead atoms. The summed E-state index contributed by atoms with van der Waals surface area (Å²) in [4.78, 5) is 8.86. The van der Waals surface area contributed by atoms with Crippen LogP contribution in [0.25, 0.3) is 0 Å². The van der Waals surface area contributed by atoms with Crippen molar-refractivity contribution >= 4 is 6.01 Å². The molecule has 0 N–H and O–H groups in total. The summed E-state index contributed by atoms with van der Waals surface area (Å²) < 4.78 is 5.19. The Morgan fingerprint density at radius 3 is 3.00 bits per heavy atom. The lowest BCUT2D eigenvalue weighted by Gasteiger charge is -2.33. The van der Waals surface area contributed by atoms with Crippen LogP contribution in [0, 0.1) is 0 Å². The molecule has 5 nitrogen and oxygen atoms in total. The zero-order valence-corrected chi connectivity index (χ0v) is 9.02. The van der Waals surface area contributed by atoms with Crippen molar-refractivity contribution in [2.45, 2.75) is 24.8 Å². The molecule has 0 aromatic carbocycles. The van der Waals surface area contributed by atoms with Crippen LogP contribution in [0.5, 0.6) is 0 Å². The zero-order valence-electron chi connectivity index (χ0n) is 9.02. The topological polar surface area (TPSA) is 45.4 Å². The normalized spacial score (nSPS) is 31.9. The molecule has 3 heterocycles. The molecular formula is C10H16N4O. The molecule has 0 aliphatic carbocycles. The van der Waals surface area contributed by atoms with Crippen LogP contribution in [-0.2, 0) is 0 Å². The van der Waals surface area contributed by atoms with Gasteiger partial charge in [0, 0.05) is 19.6 Å². The fourth-order valence-corrected chi connectivity index (χ4v) is 3.01. The van der Waals surface area contributed by atoms with Crippen molar-refractivity contribution in [1.82, 2.24) is 15.0 Å². The van der Waals surface area contributed by atoms with Gasteiger partial charge in [-0.15, -0.1) is 0 Å². The number of hydrogen-bond acceptors (Lipinski definition) is 5. The molecule has 82 valence electrons. The Morgan fingerprint density at radius 1 is 1.40 bits per heavy atom. The molecule has 2 saturated heterocycles. The molecule has 1 aromatic rings. The first-order valence-corrected chi connectivity index (χ1v) is 5.53. The predicted molar refractivity (Wildman–Crippen MR) is 55.7 cm³/mol. The van der Waals surface area contributed by atoms with Gasteiger partial charge < -0.3 is 14.3 Å². The van der Waals surface area contributed by atoms with Gasteiger partial charge in [-0.2, -0.15) is 4.98 Å². The standard InChI is InChI=1S/C10H16N4O/c1-13-6-4-10(7-13)3-2-5-14(10)9-11-8-12-15-9/h8H,2-7H2,1H3. The third-order valence-corrected chi connectivity index (χ3v) is 3.70. The molecule has 1 spiro atoms. The minimum atomic E-state index is 0.265. The van der Waals surface area contributed by atoms with E-state index in [1.54, 1.807) is 0 Å². The summed E-state index contributed by atoms with van der Waals surface area (Å²) in [5, 5.41) is 3.70. The number of likely N-dealkylation sites (tertiary alicyclic amines) is 1. The molecule has 0 radical (unpaired) electrons. The minimum absolute atomic E-state index is 0.265. The molecule has 3 rings (SSSR count). The lowest BCUT2D eigenvalue weighted by molar-refractivity contribution is 0.343. The van der Waals surface area contributed by atoms with Gasteiger partial charge in [0.15, 0.2) is 6.33 Å². The molecule has 1 aromatic heterocycles. The largest absolute Gasteiger partial charge is 0.324 e. The number of rotatable bonds is 1. The number of likely N-dealkylation sites (N-methyl/N-ethyl adjacent to an activating group) is 1. The summed E-state index contributed by atoms with van der Waals surface area (Å²) >= 11 is 0. The zero-order chi connectivity index (χ0) is 10.3. The van der Waals surface area contributed by atoms with Crippen LogP contribution in [0.3, 0.4) is 0 Å². The Bertz CT molecular complexity index is 339. The third-order valence-electron chi connectivity index (χ3n) is 3.70. The van der Waals surface area contributed by atoms with Crippen molar-refractivity contribution in [1.29, 1.82) is 0 Å². The van der Waals surface area contributed by atoms with Crippen LogP contribution in [0.4, 0.5) is 6.01 Å². The van der Waals surface area contributed by atoms with E-state index in [2.05, 4.69) is 27.0 Å². The number of hydrogen-bond donors (Lipinski definition) is 0. The quantitative estimate of drug-likeness (QED) is 0.681. The van der Waals surface area contributed by atoms with Crippen molar-refractivity contribution in [3.05, 3.63) is 6.33 Å². The second-order valence-corrected chi connectivity index (χ2v) is 4.69. The van der Waals surface area contributed by atoms with Crippen LogP contribution in [-0.4, -0.2) is 47.3 Å².